The maximum Gasteiger partial charge on any atom is 0.119 e. The van der Waals surface area contributed by atoms with Crippen molar-refractivity contribution in [1.29, 1.82) is 0 Å². The minimum Gasteiger partial charge on any atom is -0.490 e. The number of rotatable bonds is 10. The van der Waals surface area contributed by atoms with E-state index in [1.165, 1.54) is 0 Å². The van der Waals surface area contributed by atoms with Gasteiger partial charge in [-0.05, 0) is 118 Å². The van der Waals surface area contributed by atoms with Gasteiger partial charge in [-0.3, -0.25) is 9.68 Å². The molecule has 2 fully saturated rings. The Labute approximate surface area is 233 Å². The van der Waals surface area contributed by atoms with Crippen LogP contribution in [0.4, 0.5) is 0 Å². The van der Waals surface area contributed by atoms with Gasteiger partial charge in [-0.1, -0.05) is 13.8 Å². The van der Waals surface area contributed by atoms with Crippen LogP contribution in [0.5, 0.6) is 11.5 Å². The molecule has 2 atom stereocenters. The normalized spacial score (nSPS) is 27.3. The second-order valence-corrected chi connectivity index (χ2v) is 13.9. The van der Waals surface area contributed by atoms with Crippen molar-refractivity contribution < 1.29 is 19.1 Å². The first kappa shape index (κ1) is 31.2. The third-order valence-corrected chi connectivity index (χ3v) is 8.09. The first-order chi connectivity index (χ1) is 17.7. The predicted octanol–water partition coefficient (Wildman–Crippen LogP) is 7.95. The van der Waals surface area contributed by atoms with Crippen molar-refractivity contribution in [2.75, 3.05) is 13.2 Å². The Hall–Kier alpha value is -1.34. The van der Waals surface area contributed by atoms with Crippen molar-refractivity contribution in [3.8, 4) is 11.5 Å². The summed E-state index contributed by atoms with van der Waals surface area (Å²) in [5, 5.41) is 4.46. The van der Waals surface area contributed by atoms with Crippen molar-refractivity contribution in [2.24, 2.45) is 0 Å². The summed E-state index contributed by atoms with van der Waals surface area (Å²) in [7, 11) is 0. The summed E-state index contributed by atoms with van der Waals surface area (Å²) in [6.07, 6.45) is 8.21. The van der Waals surface area contributed by atoms with Crippen LogP contribution >= 0.6 is 0 Å². The summed E-state index contributed by atoms with van der Waals surface area (Å²) in [5.74, 6) is 1.81. The van der Waals surface area contributed by atoms with Crippen LogP contribution in [0.2, 0.25) is 0 Å². The fourth-order valence-corrected chi connectivity index (χ4v) is 6.60. The Kier molecular flexibility index (Phi) is 10.2. The molecule has 0 N–H and O–H groups in total. The van der Waals surface area contributed by atoms with E-state index >= 15 is 0 Å². The highest BCUT2D eigenvalue weighted by molar-refractivity contribution is 5.31. The molecule has 0 amide bonds. The van der Waals surface area contributed by atoms with Crippen LogP contribution in [-0.2, 0) is 9.68 Å². The van der Waals surface area contributed by atoms with Crippen LogP contribution in [-0.4, -0.2) is 57.7 Å². The summed E-state index contributed by atoms with van der Waals surface area (Å²) < 4.78 is 13.1. The molecule has 0 aromatic heterocycles. The highest BCUT2D eigenvalue weighted by Gasteiger charge is 2.45. The standard InChI is InChI=1S/C32H56N2O4/c1-11-21-35-33-29(3,4)19-17-27(23-31(33,7)8)37-25-13-15-26(16-14-25)38-28-18-20-30(5,6)34(36-22-12-2)32(9,10)24-28/h13-16,27-28H,11-12,17-24H2,1-10H3. The molecule has 2 unspecified atom stereocenters. The lowest BCUT2D eigenvalue weighted by molar-refractivity contribution is -0.264. The third kappa shape index (κ3) is 7.87. The molecular formula is C32H56N2O4. The SMILES string of the molecule is CCCON1C(C)(C)CCC(Oc2ccc(OC3CCC(C)(C)N(OCCC)C(C)(C)C3)cc2)CC1(C)C. The van der Waals surface area contributed by atoms with E-state index in [-0.39, 0.29) is 34.4 Å². The molecule has 38 heavy (non-hydrogen) atoms. The van der Waals surface area contributed by atoms with Crippen molar-refractivity contribution in [3.05, 3.63) is 24.3 Å². The van der Waals surface area contributed by atoms with Gasteiger partial charge in [0.2, 0.25) is 0 Å². The molecule has 0 saturated carbocycles. The Balaban J connectivity index is 1.63. The first-order valence-electron chi connectivity index (χ1n) is 15.0. The number of ether oxygens (including phenoxy) is 2. The molecule has 6 heteroatoms. The van der Waals surface area contributed by atoms with E-state index in [9.17, 15) is 0 Å². The van der Waals surface area contributed by atoms with Crippen molar-refractivity contribution in [3.63, 3.8) is 0 Å². The maximum atomic E-state index is 6.53. The average Bonchev–Trinajstić information content (AvgIpc) is 2.95. The van der Waals surface area contributed by atoms with Gasteiger partial charge >= 0.3 is 0 Å². The number of hydrogen-bond donors (Lipinski definition) is 0. The fourth-order valence-electron chi connectivity index (χ4n) is 6.60. The zero-order valence-corrected chi connectivity index (χ0v) is 26.1. The van der Waals surface area contributed by atoms with Crippen LogP contribution in [0.3, 0.4) is 0 Å². The number of nitrogens with zero attached hydrogens (tertiary/aromatic N) is 2. The summed E-state index contributed by atoms with van der Waals surface area (Å²) in [6.45, 7) is 24.0. The molecule has 0 radical (unpaired) electrons. The van der Waals surface area contributed by atoms with Gasteiger partial charge < -0.3 is 9.47 Å². The number of hydrogen-bond acceptors (Lipinski definition) is 6. The Bertz CT molecular complexity index is 794. The molecule has 1 aromatic rings. The lowest BCUT2D eigenvalue weighted by Gasteiger charge is -2.45. The summed E-state index contributed by atoms with van der Waals surface area (Å²) >= 11 is 0. The molecule has 6 nitrogen and oxygen atoms in total. The maximum absolute atomic E-state index is 6.53. The van der Waals surface area contributed by atoms with Gasteiger partial charge in [0, 0.05) is 35.0 Å². The van der Waals surface area contributed by atoms with Crippen LogP contribution in [0.25, 0.3) is 0 Å². The molecule has 1 aromatic carbocycles. The Morgan fingerprint density at radius 3 is 1.26 bits per heavy atom. The lowest BCUT2D eigenvalue weighted by Crippen LogP contribution is -2.54. The highest BCUT2D eigenvalue weighted by atomic mass is 16.7. The average molecular weight is 533 g/mol. The van der Waals surface area contributed by atoms with Crippen LogP contribution < -0.4 is 9.47 Å². The summed E-state index contributed by atoms with van der Waals surface area (Å²) in [4.78, 5) is 12.5. The molecule has 2 aliphatic rings. The van der Waals surface area contributed by atoms with Crippen molar-refractivity contribution in [1.82, 2.24) is 10.1 Å². The Morgan fingerprint density at radius 2 is 0.947 bits per heavy atom. The number of benzene rings is 1. The molecule has 3 rings (SSSR count). The van der Waals surface area contributed by atoms with Gasteiger partial charge in [0.1, 0.15) is 23.7 Å². The van der Waals surface area contributed by atoms with E-state index in [2.05, 4.69) is 104 Å². The van der Waals surface area contributed by atoms with Crippen LogP contribution in [0, 0.1) is 0 Å². The van der Waals surface area contributed by atoms with E-state index in [4.69, 9.17) is 19.1 Å². The quantitative estimate of drug-likeness (QED) is 0.305. The molecule has 218 valence electrons. The van der Waals surface area contributed by atoms with Gasteiger partial charge in [0.05, 0.1) is 13.2 Å². The van der Waals surface area contributed by atoms with Gasteiger partial charge in [-0.2, -0.15) is 10.1 Å². The minimum absolute atomic E-state index is 0.0350. The minimum atomic E-state index is -0.113. The first-order valence-corrected chi connectivity index (χ1v) is 15.0. The number of hydroxylamine groups is 4. The summed E-state index contributed by atoms with van der Waals surface area (Å²) in [6, 6.07) is 8.25. The molecule has 2 saturated heterocycles. The molecular weight excluding hydrogens is 476 g/mol. The molecule has 2 aliphatic heterocycles. The van der Waals surface area contributed by atoms with Gasteiger partial charge in [-0.25, -0.2) is 0 Å². The van der Waals surface area contributed by atoms with E-state index in [0.29, 0.717) is 0 Å². The second-order valence-electron chi connectivity index (χ2n) is 13.9. The highest BCUT2D eigenvalue weighted by Crippen LogP contribution is 2.40. The van der Waals surface area contributed by atoms with Crippen molar-refractivity contribution in [2.45, 2.75) is 155 Å². The zero-order valence-electron chi connectivity index (χ0n) is 26.1. The predicted molar refractivity (Wildman–Crippen MR) is 155 cm³/mol. The summed E-state index contributed by atoms with van der Waals surface area (Å²) in [5.41, 5.74) is -0.297. The van der Waals surface area contributed by atoms with Crippen molar-refractivity contribution >= 4 is 0 Å². The van der Waals surface area contributed by atoms with Gasteiger partial charge in [0.25, 0.3) is 0 Å². The monoisotopic (exact) mass is 532 g/mol. The van der Waals surface area contributed by atoms with E-state index < -0.39 is 0 Å². The molecule has 0 spiro atoms. The van der Waals surface area contributed by atoms with E-state index in [0.717, 1.165) is 76.1 Å². The zero-order chi connectivity index (χ0) is 28.2. The van der Waals surface area contributed by atoms with Crippen LogP contribution in [0.15, 0.2) is 24.3 Å². The lowest BCUT2D eigenvalue weighted by atomic mass is 9.95. The van der Waals surface area contributed by atoms with Crippen LogP contribution in [0.1, 0.15) is 121 Å². The molecule has 2 heterocycles. The fraction of sp³-hybridized carbons (Fsp3) is 0.812. The molecule has 0 bridgehead atoms. The van der Waals surface area contributed by atoms with Gasteiger partial charge in [-0.15, -0.1) is 0 Å². The third-order valence-electron chi connectivity index (χ3n) is 8.09. The topological polar surface area (TPSA) is 43.4 Å². The smallest absolute Gasteiger partial charge is 0.119 e. The second kappa shape index (κ2) is 12.4. The van der Waals surface area contributed by atoms with Gasteiger partial charge in [0.15, 0.2) is 0 Å². The Morgan fingerprint density at radius 1 is 0.605 bits per heavy atom. The van der Waals surface area contributed by atoms with E-state index in [1.54, 1.807) is 0 Å². The largest absolute Gasteiger partial charge is 0.490 e. The van der Waals surface area contributed by atoms with E-state index in [1.807, 2.05) is 0 Å². The molecule has 0 aliphatic carbocycles.